The number of methoxy groups -OCH3 is 1. The molecule has 0 fully saturated rings. The molecule has 2 N–H and O–H groups in total. The average Bonchev–Trinajstić information content (AvgIpc) is 2.37. The van der Waals surface area contributed by atoms with E-state index in [-0.39, 0.29) is 11.9 Å². The maximum Gasteiger partial charge on any atom is 0.123 e. The van der Waals surface area contributed by atoms with Gasteiger partial charge in [-0.2, -0.15) is 0 Å². The molecule has 106 valence electrons. The van der Waals surface area contributed by atoms with E-state index in [0.717, 1.165) is 28.0 Å². The van der Waals surface area contributed by atoms with E-state index < -0.39 is 0 Å². The first kappa shape index (κ1) is 14.5. The number of benzene rings is 2. The van der Waals surface area contributed by atoms with Crippen LogP contribution in [0.2, 0.25) is 0 Å². The van der Waals surface area contributed by atoms with Crippen molar-refractivity contribution in [3.63, 3.8) is 0 Å². The van der Waals surface area contributed by atoms with Crippen LogP contribution in [0.4, 0.5) is 4.39 Å². The Labute approximate surface area is 119 Å². The van der Waals surface area contributed by atoms with Crippen molar-refractivity contribution in [2.45, 2.75) is 26.3 Å². The van der Waals surface area contributed by atoms with E-state index in [4.69, 9.17) is 10.5 Å². The number of halogens is 1. The smallest absolute Gasteiger partial charge is 0.123 e. The lowest BCUT2D eigenvalue weighted by Crippen LogP contribution is -2.14. The van der Waals surface area contributed by atoms with Gasteiger partial charge in [0.2, 0.25) is 0 Å². The molecular formula is C17H20FNO. The van der Waals surface area contributed by atoms with E-state index in [1.807, 2.05) is 32.0 Å². The Kier molecular flexibility index (Phi) is 4.40. The van der Waals surface area contributed by atoms with Crippen molar-refractivity contribution in [1.29, 1.82) is 0 Å². The molecule has 0 amide bonds. The van der Waals surface area contributed by atoms with Gasteiger partial charge in [0, 0.05) is 6.04 Å². The molecule has 2 rings (SSSR count). The minimum absolute atomic E-state index is 0.244. The highest BCUT2D eigenvalue weighted by Gasteiger charge is 2.12. The summed E-state index contributed by atoms with van der Waals surface area (Å²) in [6.45, 7) is 3.90. The van der Waals surface area contributed by atoms with Crippen LogP contribution in [0, 0.1) is 19.7 Å². The number of rotatable bonds is 4. The van der Waals surface area contributed by atoms with Gasteiger partial charge in [0.15, 0.2) is 0 Å². The van der Waals surface area contributed by atoms with Gasteiger partial charge in [0.25, 0.3) is 0 Å². The Balaban J connectivity index is 2.27. The zero-order chi connectivity index (χ0) is 14.7. The first-order valence-electron chi connectivity index (χ1n) is 6.66. The van der Waals surface area contributed by atoms with E-state index in [1.54, 1.807) is 7.11 Å². The highest BCUT2D eigenvalue weighted by atomic mass is 19.1. The molecule has 3 heteroatoms. The first-order chi connectivity index (χ1) is 9.49. The van der Waals surface area contributed by atoms with Crippen molar-refractivity contribution in [2.24, 2.45) is 5.73 Å². The summed E-state index contributed by atoms with van der Waals surface area (Å²) in [6, 6.07) is 10.7. The van der Waals surface area contributed by atoms with Crippen molar-refractivity contribution < 1.29 is 9.13 Å². The Morgan fingerprint density at radius 2 is 1.85 bits per heavy atom. The van der Waals surface area contributed by atoms with Crippen LogP contribution in [0.1, 0.15) is 28.3 Å². The van der Waals surface area contributed by atoms with Crippen molar-refractivity contribution in [2.75, 3.05) is 7.11 Å². The molecule has 1 atom stereocenters. The molecule has 2 aromatic carbocycles. The lowest BCUT2D eigenvalue weighted by Gasteiger charge is -2.16. The van der Waals surface area contributed by atoms with Crippen LogP contribution in [0.3, 0.4) is 0 Å². The molecule has 2 aromatic rings. The number of hydrogen-bond donors (Lipinski definition) is 1. The second-order valence-electron chi connectivity index (χ2n) is 5.19. The zero-order valence-electron chi connectivity index (χ0n) is 12.1. The van der Waals surface area contributed by atoms with Crippen molar-refractivity contribution in [3.8, 4) is 5.75 Å². The molecule has 0 aliphatic rings. The quantitative estimate of drug-likeness (QED) is 0.922. The van der Waals surface area contributed by atoms with Gasteiger partial charge >= 0.3 is 0 Å². The van der Waals surface area contributed by atoms with E-state index in [0.29, 0.717) is 6.42 Å². The molecular weight excluding hydrogens is 253 g/mol. The molecule has 0 aromatic heterocycles. The van der Waals surface area contributed by atoms with Crippen LogP contribution in [0.15, 0.2) is 36.4 Å². The monoisotopic (exact) mass is 273 g/mol. The summed E-state index contributed by atoms with van der Waals surface area (Å²) in [4.78, 5) is 0. The van der Waals surface area contributed by atoms with Crippen LogP contribution in [0.25, 0.3) is 0 Å². The maximum atomic E-state index is 13.5. The van der Waals surface area contributed by atoms with Gasteiger partial charge in [-0.15, -0.1) is 0 Å². The molecule has 2 nitrogen and oxygen atoms in total. The minimum Gasteiger partial charge on any atom is -0.496 e. The third-order valence-electron chi connectivity index (χ3n) is 3.37. The summed E-state index contributed by atoms with van der Waals surface area (Å²) in [5.74, 6) is 0.575. The van der Waals surface area contributed by atoms with Gasteiger partial charge in [0.1, 0.15) is 11.6 Å². The van der Waals surface area contributed by atoms with Crippen molar-refractivity contribution in [3.05, 3.63) is 64.5 Å². The topological polar surface area (TPSA) is 35.2 Å². The van der Waals surface area contributed by atoms with Crippen LogP contribution < -0.4 is 10.5 Å². The number of ether oxygens (including phenoxy) is 1. The lowest BCUT2D eigenvalue weighted by molar-refractivity contribution is 0.408. The zero-order valence-corrected chi connectivity index (χ0v) is 12.1. The minimum atomic E-state index is -0.250. The SMILES string of the molecule is COc1ccc(C)cc1CC(N)c1cc(C)cc(F)c1. The fourth-order valence-corrected chi connectivity index (χ4v) is 2.40. The third kappa shape index (κ3) is 3.36. The van der Waals surface area contributed by atoms with E-state index in [1.165, 1.54) is 12.1 Å². The van der Waals surface area contributed by atoms with Crippen LogP contribution >= 0.6 is 0 Å². The van der Waals surface area contributed by atoms with Gasteiger partial charge in [-0.3, -0.25) is 0 Å². The predicted molar refractivity (Wildman–Crippen MR) is 79.5 cm³/mol. The van der Waals surface area contributed by atoms with Crippen molar-refractivity contribution >= 4 is 0 Å². The van der Waals surface area contributed by atoms with Gasteiger partial charge < -0.3 is 10.5 Å². The lowest BCUT2D eigenvalue weighted by atomic mass is 9.97. The fourth-order valence-electron chi connectivity index (χ4n) is 2.40. The molecule has 0 heterocycles. The summed E-state index contributed by atoms with van der Waals surface area (Å²) in [5.41, 5.74) is 10.1. The van der Waals surface area contributed by atoms with E-state index in [9.17, 15) is 4.39 Å². The summed E-state index contributed by atoms with van der Waals surface area (Å²) in [6.07, 6.45) is 0.619. The van der Waals surface area contributed by atoms with Gasteiger partial charge in [0.05, 0.1) is 7.11 Å². The maximum absolute atomic E-state index is 13.5. The van der Waals surface area contributed by atoms with Gasteiger partial charge in [-0.1, -0.05) is 23.8 Å². The van der Waals surface area contributed by atoms with Crippen LogP contribution in [0.5, 0.6) is 5.75 Å². The van der Waals surface area contributed by atoms with Crippen LogP contribution in [-0.4, -0.2) is 7.11 Å². The number of hydrogen-bond acceptors (Lipinski definition) is 2. The van der Waals surface area contributed by atoms with E-state index in [2.05, 4.69) is 6.07 Å². The second kappa shape index (κ2) is 6.06. The standard InChI is InChI=1S/C17H20FNO/c1-11-4-5-17(20-3)14(6-11)10-16(19)13-7-12(2)8-15(18)9-13/h4-9,16H,10,19H2,1-3H3. The van der Waals surface area contributed by atoms with Crippen molar-refractivity contribution in [1.82, 2.24) is 0 Å². The van der Waals surface area contributed by atoms with Gasteiger partial charge in [-0.05, 0) is 55.2 Å². The first-order valence-corrected chi connectivity index (χ1v) is 6.66. The van der Waals surface area contributed by atoms with E-state index >= 15 is 0 Å². The predicted octanol–water partition coefficient (Wildman–Crippen LogP) is 3.69. The Morgan fingerprint density at radius 1 is 1.10 bits per heavy atom. The summed E-state index contributed by atoms with van der Waals surface area (Å²) < 4.78 is 18.8. The molecule has 20 heavy (non-hydrogen) atoms. The summed E-state index contributed by atoms with van der Waals surface area (Å²) in [5, 5.41) is 0. The third-order valence-corrected chi connectivity index (χ3v) is 3.37. The fraction of sp³-hybridized carbons (Fsp3) is 0.294. The number of nitrogens with two attached hydrogens (primary N) is 1. The molecule has 0 radical (unpaired) electrons. The second-order valence-corrected chi connectivity index (χ2v) is 5.19. The Bertz CT molecular complexity index is 590. The molecule has 0 spiro atoms. The summed E-state index contributed by atoms with van der Waals surface area (Å²) >= 11 is 0. The molecule has 0 bridgehead atoms. The normalized spacial score (nSPS) is 12.2. The average molecular weight is 273 g/mol. The molecule has 0 saturated carbocycles. The highest BCUT2D eigenvalue weighted by molar-refractivity contribution is 5.38. The molecule has 0 saturated heterocycles. The molecule has 0 aliphatic heterocycles. The van der Waals surface area contributed by atoms with Crippen LogP contribution in [-0.2, 0) is 6.42 Å². The molecule has 0 aliphatic carbocycles. The Hall–Kier alpha value is -1.87. The highest BCUT2D eigenvalue weighted by Crippen LogP contribution is 2.25. The summed E-state index contributed by atoms with van der Waals surface area (Å²) in [7, 11) is 1.64. The van der Waals surface area contributed by atoms with Gasteiger partial charge in [-0.25, -0.2) is 4.39 Å². The largest absolute Gasteiger partial charge is 0.496 e. The Morgan fingerprint density at radius 3 is 2.50 bits per heavy atom. The molecule has 1 unspecified atom stereocenters. The number of aryl methyl sites for hydroxylation is 2.